The lowest BCUT2D eigenvalue weighted by molar-refractivity contribution is 0.171. The highest BCUT2D eigenvalue weighted by atomic mass is 35.5. The topological polar surface area (TPSA) is 38.7 Å². The zero-order valence-corrected chi connectivity index (χ0v) is 12.3. The van der Waals surface area contributed by atoms with E-state index in [1.54, 1.807) is 24.3 Å². The van der Waals surface area contributed by atoms with Gasteiger partial charge in [-0.2, -0.15) is 0 Å². The van der Waals surface area contributed by atoms with Gasteiger partial charge in [-0.1, -0.05) is 35.3 Å². The molecular weight excluding hydrogens is 318 g/mol. The molecule has 0 aliphatic carbocycles. The Balaban J connectivity index is 1.87. The SMILES string of the molecule is OC(Cc1cccc(Cl)c1F)c1cc(Cl)c2c(c1)OCO2. The molecule has 0 radical (unpaired) electrons. The van der Waals surface area contributed by atoms with Crippen molar-refractivity contribution in [3.05, 3.63) is 57.3 Å². The number of rotatable bonds is 3. The number of ether oxygens (including phenoxy) is 2. The highest BCUT2D eigenvalue weighted by Gasteiger charge is 2.21. The van der Waals surface area contributed by atoms with Crippen molar-refractivity contribution < 1.29 is 19.0 Å². The van der Waals surface area contributed by atoms with E-state index in [4.69, 9.17) is 32.7 Å². The maximum atomic E-state index is 13.9. The standard InChI is InChI=1S/C15H11Cl2FO3/c16-10-3-1-2-8(14(10)18)5-12(19)9-4-11(17)15-13(6-9)20-7-21-15/h1-4,6,12,19H,5,7H2. The average Bonchev–Trinajstić information content (AvgIpc) is 2.92. The predicted octanol–water partition coefficient (Wildman–Crippen LogP) is 4.14. The zero-order chi connectivity index (χ0) is 15.0. The van der Waals surface area contributed by atoms with Gasteiger partial charge in [0.25, 0.3) is 0 Å². The molecule has 0 saturated carbocycles. The molecule has 2 aromatic rings. The van der Waals surface area contributed by atoms with E-state index in [1.165, 1.54) is 6.07 Å². The number of fused-ring (bicyclic) bond motifs is 1. The predicted molar refractivity (Wildman–Crippen MR) is 77.6 cm³/mol. The van der Waals surface area contributed by atoms with E-state index in [0.717, 1.165) is 0 Å². The van der Waals surface area contributed by atoms with Crippen LogP contribution in [-0.2, 0) is 6.42 Å². The Kier molecular flexibility index (Phi) is 3.93. The van der Waals surface area contributed by atoms with E-state index in [1.807, 2.05) is 0 Å². The number of aliphatic hydroxyl groups is 1. The summed E-state index contributed by atoms with van der Waals surface area (Å²) in [6, 6.07) is 7.91. The fourth-order valence-electron chi connectivity index (χ4n) is 2.21. The van der Waals surface area contributed by atoms with Crippen molar-refractivity contribution in [2.24, 2.45) is 0 Å². The molecular formula is C15H11Cl2FO3. The van der Waals surface area contributed by atoms with Gasteiger partial charge in [0.1, 0.15) is 5.82 Å². The van der Waals surface area contributed by atoms with Gasteiger partial charge >= 0.3 is 0 Å². The molecule has 21 heavy (non-hydrogen) atoms. The molecule has 0 amide bonds. The van der Waals surface area contributed by atoms with Gasteiger partial charge in [0, 0.05) is 6.42 Å². The first-order valence-electron chi connectivity index (χ1n) is 6.26. The lowest BCUT2D eigenvalue weighted by Crippen LogP contribution is -2.04. The molecule has 1 atom stereocenters. The van der Waals surface area contributed by atoms with Gasteiger partial charge in [0.15, 0.2) is 11.5 Å². The highest BCUT2D eigenvalue weighted by molar-refractivity contribution is 6.32. The monoisotopic (exact) mass is 328 g/mol. The van der Waals surface area contributed by atoms with Crippen LogP contribution in [0.3, 0.4) is 0 Å². The van der Waals surface area contributed by atoms with Crippen LogP contribution in [0, 0.1) is 5.82 Å². The summed E-state index contributed by atoms with van der Waals surface area (Å²) in [5, 5.41) is 10.7. The molecule has 0 saturated heterocycles. The Bertz CT molecular complexity index is 691. The van der Waals surface area contributed by atoms with E-state index < -0.39 is 11.9 Å². The Morgan fingerprint density at radius 3 is 2.81 bits per heavy atom. The van der Waals surface area contributed by atoms with Gasteiger partial charge in [-0.15, -0.1) is 0 Å². The maximum Gasteiger partial charge on any atom is 0.231 e. The van der Waals surface area contributed by atoms with Crippen molar-refractivity contribution in [1.82, 2.24) is 0 Å². The number of hydrogen-bond acceptors (Lipinski definition) is 3. The number of halogens is 3. The fraction of sp³-hybridized carbons (Fsp3) is 0.200. The van der Waals surface area contributed by atoms with Crippen molar-refractivity contribution in [3.8, 4) is 11.5 Å². The average molecular weight is 329 g/mol. The molecule has 110 valence electrons. The normalized spacial score (nSPS) is 14.3. The quantitative estimate of drug-likeness (QED) is 0.920. The first-order valence-corrected chi connectivity index (χ1v) is 7.02. The van der Waals surface area contributed by atoms with E-state index in [2.05, 4.69) is 0 Å². The molecule has 1 aliphatic heterocycles. The second-order valence-electron chi connectivity index (χ2n) is 4.67. The van der Waals surface area contributed by atoms with Crippen LogP contribution < -0.4 is 9.47 Å². The third-order valence-corrected chi connectivity index (χ3v) is 3.85. The second kappa shape index (κ2) is 5.72. The van der Waals surface area contributed by atoms with Crippen LogP contribution in [0.15, 0.2) is 30.3 Å². The van der Waals surface area contributed by atoms with Crippen molar-refractivity contribution in [3.63, 3.8) is 0 Å². The fourth-order valence-corrected chi connectivity index (χ4v) is 2.68. The zero-order valence-electron chi connectivity index (χ0n) is 10.8. The van der Waals surface area contributed by atoms with Gasteiger partial charge in [0.05, 0.1) is 16.1 Å². The minimum Gasteiger partial charge on any atom is -0.454 e. The van der Waals surface area contributed by atoms with Crippen molar-refractivity contribution in [1.29, 1.82) is 0 Å². The molecule has 0 spiro atoms. The number of aliphatic hydroxyl groups excluding tert-OH is 1. The largest absolute Gasteiger partial charge is 0.454 e. The van der Waals surface area contributed by atoms with Crippen LogP contribution in [-0.4, -0.2) is 11.9 Å². The van der Waals surface area contributed by atoms with Crippen molar-refractivity contribution >= 4 is 23.2 Å². The minimum absolute atomic E-state index is 0.0309. The summed E-state index contributed by atoms with van der Waals surface area (Å²) in [6.45, 7) is 0.0948. The number of benzene rings is 2. The Hall–Kier alpha value is -1.49. The van der Waals surface area contributed by atoms with E-state index in [-0.39, 0.29) is 18.2 Å². The summed E-state index contributed by atoms with van der Waals surface area (Å²) in [6.07, 6.45) is -0.840. The summed E-state index contributed by atoms with van der Waals surface area (Å²) in [5.41, 5.74) is 0.868. The van der Waals surface area contributed by atoms with E-state index in [0.29, 0.717) is 27.6 Å². The molecule has 3 rings (SSSR count). The minimum atomic E-state index is -0.926. The lowest BCUT2D eigenvalue weighted by Gasteiger charge is -2.13. The van der Waals surface area contributed by atoms with Crippen LogP contribution in [0.25, 0.3) is 0 Å². The maximum absolute atomic E-state index is 13.9. The van der Waals surface area contributed by atoms with Gasteiger partial charge in [-0.25, -0.2) is 4.39 Å². The summed E-state index contributed by atoms with van der Waals surface area (Å²) in [5.74, 6) is 0.412. The molecule has 6 heteroatoms. The van der Waals surface area contributed by atoms with E-state index in [9.17, 15) is 9.50 Å². The lowest BCUT2D eigenvalue weighted by atomic mass is 10.0. The highest BCUT2D eigenvalue weighted by Crippen LogP contribution is 2.41. The second-order valence-corrected chi connectivity index (χ2v) is 5.48. The molecule has 3 nitrogen and oxygen atoms in total. The van der Waals surface area contributed by atoms with Crippen LogP contribution in [0.1, 0.15) is 17.2 Å². The van der Waals surface area contributed by atoms with Gasteiger partial charge < -0.3 is 14.6 Å². The number of hydrogen-bond donors (Lipinski definition) is 1. The summed E-state index contributed by atoms with van der Waals surface area (Å²) in [7, 11) is 0. The van der Waals surface area contributed by atoms with Gasteiger partial charge in [-0.3, -0.25) is 0 Å². The first kappa shape index (κ1) is 14.4. The van der Waals surface area contributed by atoms with Crippen LogP contribution in [0.5, 0.6) is 11.5 Å². The van der Waals surface area contributed by atoms with E-state index >= 15 is 0 Å². The van der Waals surface area contributed by atoms with Crippen LogP contribution >= 0.6 is 23.2 Å². The third-order valence-electron chi connectivity index (χ3n) is 3.28. The molecule has 1 unspecified atom stereocenters. The van der Waals surface area contributed by atoms with Crippen molar-refractivity contribution in [2.75, 3.05) is 6.79 Å². The van der Waals surface area contributed by atoms with Crippen molar-refractivity contribution in [2.45, 2.75) is 12.5 Å². The third kappa shape index (κ3) is 2.79. The molecule has 1 aliphatic rings. The molecule has 0 bridgehead atoms. The summed E-state index contributed by atoms with van der Waals surface area (Å²) < 4.78 is 24.3. The molecule has 2 aromatic carbocycles. The summed E-state index contributed by atoms with van der Waals surface area (Å²) >= 11 is 11.8. The van der Waals surface area contributed by atoms with Gasteiger partial charge in [0.2, 0.25) is 6.79 Å². The first-order chi connectivity index (χ1) is 10.1. The molecule has 1 N–H and O–H groups in total. The molecule has 0 aromatic heterocycles. The molecule has 1 heterocycles. The van der Waals surface area contributed by atoms with Gasteiger partial charge in [-0.05, 0) is 29.3 Å². The summed E-state index contributed by atoms with van der Waals surface area (Å²) in [4.78, 5) is 0. The van der Waals surface area contributed by atoms with Crippen LogP contribution in [0.2, 0.25) is 10.0 Å². The van der Waals surface area contributed by atoms with Crippen LogP contribution in [0.4, 0.5) is 4.39 Å². The Labute approximate surface area is 130 Å². The molecule has 0 fully saturated rings. The smallest absolute Gasteiger partial charge is 0.231 e. The Morgan fingerprint density at radius 1 is 1.19 bits per heavy atom. The Morgan fingerprint density at radius 2 is 2.00 bits per heavy atom.